The average molecular weight is 290 g/mol. The van der Waals surface area contributed by atoms with Crippen LogP contribution in [0.1, 0.15) is 25.0 Å². The monoisotopic (exact) mass is 290 g/mol. The molecule has 2 N–H and O–H groups in total. The zero-order chi connectivity index (χ0) is 15.6. The van der Waals surface area contributed by atoms with Crippen molar-refractivity contribution in [2.24, 2.45) is 0 Å². The zero-order valence-electron chi connectivity index (χ0n) is 13.2. The fraction of sp³-hybridized carbons (Fsp3) is 0.438. The van der Waals surface area contributed by atoms with Crippen molar-refractivity contribution < 1.29 is 14.3 Å². The minimum atomic E-state index is -0.143. The topological polar surface area (TPSA) is 59.6 Å². The highest BCUT2D eigenvalue weighted by Crippen LogP contribution is 2.37. The van der Waals surface area contributed by atoms with E-state index in [2.05, 4.69) is 24.5 Å². The molecule has 0 atom stereocenters. The summed E-state index contributed by atoms with van der Waals surface area (Å²) >= 11 is 0. The molecule has 114 valence electrons. The number of fused-ring (bicyclic) bond motifs is 1. The van der Waals surface area contributed by atoms with Gasteiger partial charge in [-0.25, -0.2) is 0 Å². The lowest BCUT2D eigenvalue weighted by atomic mass is 9.85. The van der Waals surface area contributed by atoms with Gasteiger partial charge < -0.3 is 20.1 Å². The molecule has 1 aliphatic rings. The molecule has 0 spiro atoms. The quantitative estimate of drug-likeness (QED) is 0.832. The molecule has 1 aliphatic heterocycles. The van der Waals surface area contributed by atoms with Crippen LogP contribution in [0, 0.1) is 0 Å². The Morgan fingerprint density at radius 2 is 1.90 bits per heavy atom. The second-order valence-corrected chi connectivity index (χ2v) is 5.72. The van der Waals surface area contributed by atoms with Gasteiger partial charge in [-0.15, -0.1) is 0 Å². The van der Waals surface area contributed by atoms with Crippen molar-refractivity contribution in [2.45, 2.75) is 25.8 Å². The van der Waals surface area contributed by atoms with Crippen LogP contribution in [-0.4, -0.2) is 32.7 Å². The lowest BCUT2D eigenvalue weighted by Gasteiger charge is -2.36. The van der Waals surface area contributed by atoms with E-state index < -0.39 is 0 Å². The van der Waals surface area contributed by atoms with Crippen molar-refractivity contribution in [2.75, 3.05) is 21.3 Å². The summed E-state index contributed by atoms with van der Waals surface area (Å²) in [5, 5.41) is 6.02. The summed E-state index contributed by atoms with van der Waals surface area (Å²) in [5.74, 6) is 1.21. The van der Waals surface area contributed by atoms with Crippen molar-refractivity contribution in [3.63, 3.8) is 0 Å². The lowest BCUT2D eigenvalue weighted by Crippen LogP contribution is -2.44. The molecule has 1 amide bonds. The normalized spacial score (nSPS) is 17.7. The van der Waals surface area contributed by atoms with E-state index in [0.717, 1.165) is 23.2 Å². The summed E-state index contributed by atoms with van der Waals surface area (Å²) in [6.07, 6.45) is 2.42. The Hall–Kier alpha value is -2.17. The molecular formula is C16H22N2O3. The van der Waals surface area contributed by atoms with Crippen LogP contribution in [-0.2, 0) is 11.2 Å². The third-order valence-corrected chi connectivity index (χ3v) is 3.53. The first kappa shape index (κ1) is 15.2. The van der Waals surface area contributed by atoms with Crippen LogP contribution in [0.2, 0.25) is 0 Å². The second kappa shape index (κ2) is 5.68. The average Bonchev–Trinajstić information content (AvgIpc) is 2.44. The summed E-state index contributed by atoms with van der Waals surface area (Å²) in [6, 6.07) is 3.89. The van der Waals surface area contributed by atoms with Crippen LogP contribution in [0.4, 0.5) is 0 Å². The van der Waals surface area contributed by atoms with E-state index in [4.69, 9.17) is 9.47 Å². The SMILES string of the molecule is CNC(=O)/C=C1\NC(C)(C)Cc2cc(OC)c(OC)cc21. The summed E-state index contributed by atoms with van der Waals surface area (Å²) in [5.41, 5.74) is 2.76. The summed E-state index contributed by atoms with van der Waals surface area (Å²) in [7, 11) is 4.84. The first-order valence-corrected chi connectivity index (χ1v) is 6.87. The number of carbonyl (C=O) groups excluding carboxylic acids is 1. The number of likely N-dealkylation sites (N-methyl/N-ethyl adjacent to an activating group) is 1. The van der Waals surface area contributed by atoms with Crippen LogP contribution < -0.4 is 20.1 Å². The van der Waals surface area contributed by atoms with Gasteiger partial charge in [-0.3, -0.25) is 4.79 Å². The van der Waals surface area contributed by atoms with E-state index in [-0.39, 0.29) is 11.4 Å². The first-order chi connectivity index (χ1) is 9.90. The van der Waals surface area contributed by atoms with E-state index in [1.54, 1.807) is 27.3 Å². The smallest absolute Gasteiger partial charge is 0.245 e. The molecule has 1 aromatic carbocycles. The van der Waals surface area contributed by atoms with E-state index in [1.807, 2.05) is 12.1 Å². The van der Waals surface area contributed by atoms with Gasteiger partial charge in [-0.2, -0.15) is 0 Å². The van der Waals surface area contributed by atoms with Crippen molar-refractivity contribution in [3.05, 3.63) is 29.3 Å². The Kier molecular flexibility index (Phi) is 4.11. The Bertz CT molecular complexity index is 591. The lowest BCUT2D eigenvalue weighted by molar-refractivity contribution is -0.116. The number of carbonyl (C=O) groups is 1. The highest BCUT2D eigenvalue weighted by molar-refractivity contribution is 5.95. The van der Waals surface area contributed by atoms with Crippen LogP contribution in [0.15, 0.2) is 18.2 Å². The molecule has 0 aliphatic carbocycles. The molecule has 0 aromatic heterocycles. The molecule has 5 nitrogen and oxygen atoms in total. The number of amides is 1. The van der Waals surface area contributed by atoms with Crippen LogP contribution in [0.25, 0.3) is 5.70 Å². The first-order valence-electron chi connectivity index (χ1n) is 6.87. The number of hydrogen-bond acceptors (Lipinski definition) is 4. The zero-order valence-corrected chi connectivity index (χ0v) is 13.2. The number of nitrogens with one attached hydrogen (secondary N) is 2. The number of hydrogen-bond donors (Lipinski definition) is 2. The summed E-state index contributed by atoms with van der Waals surface area (Å²) < 4.78 is 10.7. The maximum absolute atomic E-state index is 11.7. The van der Waals surface area contributed by atoms with E-state index in [1.165, 1.54) is 0 Å². The molecule has 0 saturated heterocycles. The highest BCUT2D eigenvalue weighted by atomic mass is 16.5. The van der Waals surface area contributed by atoms with Gasteiger partial charge in [-0.05, 0) is 38.0 Å². The maximum atomic E-state index is 11.7. The number of methoxy groups -OCH3 is 2. The largest absolute Gasteiger partial charge is 0.493 e. The maximum Gasteiger partial charge on any atom is 0.245 e. The van der Waals surface area contributed by atoms with E-state index >= 15 is 0 Å². The standard InChI is InChI=1S/C16H22N2O3/c1-16(2)9-10-6-13(20-4)14(21-5)7-11(10)12(18-16)8-15(19)17-3/h6-8,18H,9H2,1-5H3,(H,17,19)/b12-8-. The van der Waals surface area contributed by atoms with Gasteiger partial charge in [0.25, 0.3) is 0 Å². The van der Waals surface area contributed by atoms with Crippen molar-refractivity contribution in [3.8, 4) is 11.5 Å². The molecular weight excluding hydrogens is 268 g/mol. The van der Waals surface area contributed by atoms with Gasteiger partial charge in [-0.1, -0.05) is 0 Å². The fourth-order valence-electron chi connectivity index (χ4n) is 2.59. The Morgan fingerprint density at radius 1 is 1.29 bits per heavy atom. The summed E-state index contributed by atoms with van der Waals surface area (Å²) in [4.78, 5) is 11.7. The van der Waals surface area contributed by atoms with Crippen molar-refractivity contribution in [1.29, 1.82) is 0 Å². The van der Waals surface area contributed by atoms with Gasteiger partial charge in [0.15, 0.2) is 11.5 Å². The second-order valence-electron chi connectivity index (χ2n) is 5.72. The number of ether oxygens (including phenoxy) is 2. The molecule has 5 heteroatoms. The van der Waals surface area contributed by atoms with Gasteiger partial charge in [0.2, 0.25) is 5.91 Å². The van der Waals surface area contributed by atoms with Crippen molar-refractivity contribution >= 4 is 11.6 Å². The van der Waals surface area contributed by atoms with Gasteiger partial charge in [0.05, 0.1) is 14.2 Å². The number of rotatable bonds is 3. The van der Waals surface area contributed by atoms with E-state index in [9.17, 15) is 4.79 Å². The fourth-order valence-corrected chi connectivity index (χ4v) is 2.59. The molecule has 0 bridgehead atoms. The minimum Gasteiger partial charge on any atom is -0.493 e. The summed E-state index contributed by atoms with van der Waals surface area (Å²) in [6.45, 7) is 4.20. The Balaban J connectivity index is 2.58. The third-order valence-electron chi connectivity index (χ3n) is 3.53. The minimum absolute atomic E-state index is 0.132. The van der Waals surface area contributed by atoms with Crippen LogP contribution >= 0.6 is 0 Å². The predicted octanol–water partition coefficient (Wildman–Crippen LogP) is 1.71. The Morgan fingerprint density at radius 3 is 2.48 bits per heavy atom. The molecule has 0 fully saturated rings. The molecule has 0 saturated carbocycles. The van der Waals surface area contributed by atoms with E-state index in [0.29, 0.717) is 11.5 Å². The van der Waals surface area contributed by atoms with Gasteiger partial charge in [0, 0.05) is 29.9 Å². The molecule has 0 radical (unpaired) electrons. The van der Waals surface area contributed by atoms with Crippen LogP contribution in [0.3, 0.4) is 0 Å². The predicted molar refractivity (Wildman–Crippen MR) is 82.5 cm³/mol. The molecule has 1 aromatic rings. The van der Waals surface area contributed by atoms with Gasteiger partial charge in [0.1, 0.15) is 0 Å². The molecule has 1 heterocycles. The highest BCUT2D eigenvalue weighted by Gasteiger charge is 2.29. The molecule has 21 heavy (non-hydrogen) atoms. The molecule has 0 unspecified atom stereocenters. The number of benzene rings is 1. The van der Waals surface area contributed by atoms with Gasteiger partial charge >= 0.3 is 0 Å². The third kappa shape index (κ3) is 3.12. The van der Waals surface area contributed by atoms with Crippen molar-refractivity contribution in [1.82, 2.24) is 10.6 Å². The Labute approximate surface area is 125 Å². The van der Waals surface area contributed by atoms with Crippen LogP contribution in [0.5, 0.6) is 11.5 Å². The molecule has 2 rings (SSSR count).